The van der Waals surface area contributed by atoms with E-state index in [1.165, 1.54) is 25.3 Å². The third kappa shape index (κ3) is 5.01. The molecule has 126 valence electrons. The van der Waals surface area contributed by atoms with Gasteiger partial charge in [0.2, 0.25) is 0 Å². The summed E-state index contributed by atoms with van der Waals surface area (Å²) in [5, 5.41) is 2.67. The van der Waals surface area contributed by atoms with Gasteiger partial charge in [-0.05, 0) is 26.8 Å². The van der Waals surface area contributed by atoms with Crippen LogP contribution in [0.4, 0.5) is 10.2 Å². The Labute approximate surface area is 141 Å². The first-order chi connectivity index (χ1) is 11.4. The summed E-state index contributed by atoms with van der Waals surface area (Å²) in [6.07, 6.45) is 11.2. The van der Waals surface area contributed by atoms with Crippen LogP contribution in [0.2, 0.25) is 0 Å². The third-order valence-electron chi connectivity index (χ3n) is 2.98. The van der Waals surface area contributed by atoms with Crippen molar-refractivity contribution < 1.29 is 9.18 Å². The molecule has 0 aliphatic rings. The molecule has 0 radical (unpaired) electrons. The molecule has 0 aliphatic heterocycles. The van der Waals surface area contributed by atoms with Crippen molar-refractivity contribution in [3.05, 3.63) is 72.1 Å². The summed E-state index contributed by atoms with van der Waals surface area (Å²) in [6, 6.07) is 0. The van der Waals surface area contributed by atoms with Crippen LogP contribution in [0, 0.1) is 0 Å². The average Bonchev–Trinajstić information content (AvgIpc) is 2.55. The maximum absolute atomic E-state index is 13.7. The molecule has 0 atom stereocenters. The van der Waals surface area contributed by atoms with E-state index in [-0.39, 0.29) is 22.8 Å². The Morgan fingerprint density at radius 2 is 2.08 bits per heavy atom. The summed E-state index contributed by atoms with van der Waals surface area (Å²) in [5.74, 6) is -1.01. The lowest BCUT2D eigenvalue weighted by molar-refractivity contribution is 0.0962. The fraction of sp³-hybridized carbons (Fsp3) is 0.167. The standard InChI is InChI=1S/C18H21FN4O/c1-5-8-10-14(12(4)19)15-11-21-17(20)16(23-15)18(24)22-13(7-3)9-6-2/h5-11H,1H2,2-4H3,(H2,20,21)(H,22,24)/b9-6-,10-8-,13-7+,14-12-. The first kappa shape index (κ1) is 19.0. The van der Waals surface area contributed by atoms with Crippen LogP contribution in [0.3, 0.4) is 0 Å². The molecule has 0 saturated heterocycles. The molecule has 0 aliphatic carbocycles. The number of halogens is 1. The molecular formula is C18H21FN4O. The van der Waals surface area contributed by atoms with Crippen LogP contribution in [0.15, 0.2) is 60.8 Å². The van der Waals surface area contributed by atoms with Crippen molar-refractivity contribution in [3.8, 4) is 0 Å². The molecule has 24 heavy (non-hydrogen) atoms. The Morgan fingerprint density at radius 1 is 1.38 bits per heavy atom. The summed E-state index contributed by atoms with van der Waals surface area (Å²) in [6.45, 7) is 8.45. The van der Waals surface area contributed by atoms with E-state index in [0.29, 0.717) is 5.70 Å². The second-order valence-electron chi connectivity index (χ2n) is 4.73. The maximum Gasteiger partial charge on any atom is 0.278 e. The zero-order valence-electron chi connectivity index (χ0n) is 14.0. The number of aromatic nitrogens is 2. The van der Waals surface area contributed by atoms with E-state index < -0.39 is 11.7 Å². The van der Waals surface area contributed by atoms with Crippen molar-refractivity contribution in [2.24, 2.45) is 0 Å². The predicted octanol–water partition coefficient (Wildman–Crippen LogP) is 3.71. The van der Waals surface area contributed by atoms with Crippen LogP contribution in [-0.4, -0.2) is 15.9 Å². The molecule has 1 heterocycles. The first-order valence-electron chi connectivity index (χ1n) is 7.33. The van der Waals surface area contributed by atoms with Crippen molar-refractivity contribution in [2.75, 3.05) is 5.73 Å². The molecule has 1 aromatic rings. The van der Waals surface area contributed by atoms with Gasteiger partial charge in [-0.1, -0.05) is 37.0 Å². The second kappa shape index (κ2) is 9.19. The van der Waals surface area contributed by atoms with Crippen molar-refractivity contribution in [1.29, 1.82) is 0 Å². The zero-order chi connectivity index (χ0) is 18.1. The number of anilines is 1. The van der Waals surface area contributed by atoms with Gasteiger partial charge in [-0.3, -0.25) is 4.79 Å². The number of hydrogen-bond acceptors (Lipinski definition) is 4. The van der Waals surface area contributed by atoms with E-state index in [4.69, 9.17) is 5.73 Å². The highest BCUT2D eigenvalue weighted by molar-refractivity contribution is 5.98. The van der Waals surface area contributed by atoms with Crippen molar-refractivity contribution in [2.45, 2.75) is 20.8 Å². The number of nitrogens with two attached hydrogens (primary N) is 1. The molecule has 3 N–H and O–H groups in total. The van der Waals surface area contributed by atoms with Crippen LogP contribution in [-0.2, 0) is 0 Å². The number of hydrogen-bond donors (Lipinski definition) is 2. The summed E-state index contributed by atoms with van der Waals surface area (Å²) >= 11 is 0. The van der Waals surface area contributed by atoms with Crippen molar-refractivity contribution in [3.63, 3.8) is 0 Å². The van der Waals surface area contributed by atoms with E-state index >= 15 is 0 Å². The smallest absolute Gasteiger partial charge is 0.278 e. The van der Waals surface area contributed by atoms with Crippen LogP contribution < -0.4 is 11.1 Å². The summed E-state index contributed by atoms with van der Waals surface area (Å²) in [7, 11) is 0. The SMILES string of the molecule is C=C/C=C\C(=C(/C)F)c1cnc(N)c(C(=O)NC(/C=C\C)=C/C)n1. The number of amides is 1. The van der Waals surface area contributed by atoms with Crippen molar-refractivity contribution >= 4 is 17.3 Å². The van der Waals surface area contributed by atoms with E-state index in [0.717, 1.165) is 0 Å². The number of carbonyl (C=O) groups excluding carboxylic acids is 1. The van der Waals surface area contributed by atoms with E-state index in [9.17, 15) is 9.18 Å². The second-order valence-corrected chi connectivity index (χ2v) is 4.73. The minimum Gasteiger partial charge on any atom is -0.382 e. The Kier molecular flexibility index (Phi) is 7.29. The molecule has 0 bridgehead atoms. The van der Waals surface area contributed by atoms with Crippen LogP contribution >= 0.6 is 0 Å². The number of carbonyl (C=O) groups is 1. The minimum absolute atomic E-state index is 0.0317. The van der Waals surface area contributed by atoms with Crippen LogP contribution in [0.1, 0.15) is 37.0 Å². The molecule has 1 amide bonds. The van der Waals surface area contributed by atoms with Crippen molar-refractivity contribution in [1.82, 2.24) is 15.3 Å². The van der Waals surface area contributed by atoms with Gasteiger partial charge in [-0.25, -0.2) is 14.4 Å². The average molecular weight is 328 g/mol. The molecular weight excluding hydrogens is 307 g/mol. The van der Waals surface area contributed by atoms with Gasteiger partial charge in [0.25, 0.3) is 5.91 Å². The number of nitrogens with one attached hydrogen (secondary N) is 1. The predicted molar refractivity (Wildman–Crippen MR) is 95.5 cm³/mol. The normalized spacial score (nSPS) is 13.2. The Balaban J connectivity index is 3.27. The first-order valence-corrected chi connectivity index (χ1v) is 7.33. The fourth-order valence-electron chi connectivity index (χ4n) is 1.82. The van der Waals surface area contributed by atoms with Gasteiger partial charge in [-0.15, -0.1) is 0 Å². The minimum atomic E-state index is -0.517. The maximum atomic E-state index is 13.7. The molecule has 1 aromatic heterocycles. The number of allylic oxidation sites excluding steroid dienone is 8. The summed E-state index contributed by atoms with van der Waals surface area (Å²) in [4.78, 5) is 20.5. The molecule has 0 spiro atoms. The van der Waals surface area contributed by atoms with Gasteiger partial charge in [0, 0.05) is 11.3 Å². The van der Waals surface area contributed by atoms with E-state index in [1.807, 2.05) is 6.92 Å². The van der Waals surface area contributed by atoms with Gasteiger partial charge < -0.3 is 11.1 Å². The lowest BCUT2D eigenvalue weighted by Crippen LogP contribution is -2.25. The monoisotopic (exact) mass is 328 g/mol. The Morgan fingerprint density at radius 3 is 2.62 bits per heavy atom. The lowest BCUT2D eigenvalue weighted by Gasteiger charge is -2.09. The summed E-state index contributed by atoms with van der Waals surface area (Å²) < 4.78 is 13.7. The molecule has 6 heteroatoms. The quantitative estimate of drug-likeness (QED) is 0.780. The van der Waals surface area contributed by atoms with Crippen LogP contribution in [0.5, 0.6) is 0 Å². The zero-order valence-corrected chi connectivity index (χ0v) is 14.0. The molecule has 0 fully saturated rings. The largest absolute Gasteiger partial charge is 0.382 e. The number of nitrogen functional groups attached to an aromatic ring is 1. The van der Waals surface area contributed by atoms with Gasteiger partial charge in [0.15, 0.2) is 11.5 Å². The summed E-state index contributed by atoms with van der Waals surface area (Å²) in [5.41, 5.74) is 6.68. The van der Waals surface area contributed by atoms with E-state index in [1.54, 1.807) is 31.2 Å². The highest BCUT2D eigenvalue weighted by Crippen LogP contribution is 2.20. The third-order valence-corrected chi connectivity index (χ3v) is 2.98. The topological polar surface area (TPSA) is 80.9 Å². The molecule has 0 unspecified atom stereocenters. The fourth-order valence-corrected chi connectivity index (χ4v) is 1.82. The van der Waals surface area contributed by atoms with Gasteiger partial charge >= 0.3 is 0 Å². The highest BCUT2D eigenvalue weighted by atomic mass is 19.1. The number of nitrogens with zero attached hydrogens (tertiary/aromatic N) is 2. The number of rotatable bonds is 6. The van der Waals surface area contributed by atoms with Gasteiger partial charge in [0.1, 0.15) is 5.83 Å². The Hall–Kier alpha value is -3.02. The molecule has 1 rings (SSSR count). The molecule has 0 aromatic carbocycles. The van der Waals surface area contributed by atoms with Gasteiger partial charge in [-0.2, -0.15) is 0 Å². The molecule has 5 nitrogen and oxygen atoms in total. The van der Waals surface area contributed by atoms with E-state index in [2.05, 4.69) is 21.9 Å². The van der Waals surface area contributed by atoms with Gasteiger partial charge in [0.05, 0.1) is 11.9 Å². The molecule has 0 saturated carbocycles. The Bertz CT molecular complexity index is 741. The highest BCUT2D eigenvalue weighted by Gasteiger charge is 2.16. The lowest BCUT2D eigenvalue weighted by atomic mass is 10.1. The van der Waals surface area contributed by atoms with Crippen LogP contribution in [0.25, 0.3) is 5.57 Å².